The zero-order valence-electron chi connectivity index (χ0n) is 15.7. The molecule has 1 atom stereocenters. The fraction of sp³-hybridized carbons (Fsp3) is 0.261. The molecule has 3 aliphatic rings. The van der Waals surface area contributed by atoms with Gasteiger partial charge in [-0.1, -0.05) is 24.3 Å². The van der Waals surface area contributed by atoms with Crippen molar-refractivity contribution in [1.29, 1.82) is 0 Å². The van der Waals surface area contributed by atoms with Gasteiger partial charge >= 0.3 is 0 Å². The van der Waals surface area contributed by atoms with E-state index >= 15 is 4.39 Å². The van der Waals surface area contributed by atoms with Crippen molar-refractivity contribution in [1.82, 2.24) is 4.98 Å². The molecule has 0 radical (unpaired) electrons. The van der Waals surface area contributed by atoms with Crippen LogP contribution in [0.15, 0.2) is 54.7 Å². The van der Waals surface area contributed by atoms with Crippen LogP contribution in [-0.4, -0.2) is 31.3 Å². The maximum Gasteiger partial charge on any atom is 0.197 e. The van der Waals surface area contributed by atoms with E-state index in [2.05, 4.69) is 22.0 Å². The Morgan fingerprint density at radius 2 is 1.86 bits per heavy atom. The number of para-hydroxylation sites is 1. The van der Waals surface area contributed by atoms with E-state index in [9.17, 15) is 0 Å². The number of halogens is 1. The monoisotopic (exact) mass is 390 g/mol. The summed E-state index contributed by atoms with van der Waals surface area (Å²) in [4.78, 5) is 6.72. The van der Waals surface area contributed by atoms with Crippen molar-refractivity contribution in [3.8, 4) is 17.2 Å². The predicted octanol–water partition coefficient (Wildman–Crippen LogP) is 3.69. The first-order valence-electron chi connectivity index (χ1n) is 9.76. The maximum atomic E-state index is 15.7. The summed E-state index contributed by atoms with van der Waals surface area (Å²) in [6, 6.07) is 15.8. The third-order valence-corrected chi connectivity index (χ3v) is 5.99. The molecule has 0 saturated carbocycles. The minimum Gasteiger partial charge on any atom is -0.492 e. The van der Waals surface area contributed by atoms with Gasteiger partial charge in [0.1, 0.15) is 25.6 Å². The van der Waals surface area contributed by atoms with Gasteiger partial charge in [0, 0.05) is 30.1 Å². The smallest absolute Gasteiger partial charge is 0.197 e. The summed E-state index contributed by atoms with van der Waals surface area (Å²) in [7, 11) is 0. The summed E-state index contributed by atoms with van der Waals surface area (Å²) in [6.07, 6.45) is 1.80. The van der Waals surface area contributed by atoms with Crippen molar-refractivity contribution in [2.75, 3.05) is 31.3 Å². The Morgan fingerprint density at radius 3 is 2.76 bits per heavy atom. The Morgan fingerprint density at radius 1 is 1.00 bits per heavy atom. The van der Waals surface area contributed by atoms with E-state index in [1.165, 1.54) is 0 Å². The van der Waals surface area contributed by atoms with Gasteiger partial charge in [-0.25, -0.2) is 4.39 Å². The number of anilines is 1. The Hall–Kier alpha value is -3.28. The molecular weight excluding hydrogens is 371 g/mol. The molecule has 0 saturated heterocycles. The van der Waals surface area contributed by atoms with E-state index < -0.39 is 5.41 Å². The molecule has 29 heavy (non-hydrogen) atoms. The molecular formula is C23H19FN2O3. The zero-order valence-corrected chi connectivity index (χ0v) is 15.7. The van der Waals surface area contributed by atoms with Crippen molar-refractivity contribution in [2.45, 2.75) is 12.0 Å². The number of fused-ring (bicyclic) bond motifs is 5. The molecule has 1 spiro atoms. The fourth-order valence-corrected chi connectivity index (χ4v) is 4.77. The van der Waals surface area contributed by atoms with E-state index in [4.69, 9.17) is 14.2 Å². The van der Waals surface area contributed by atoms with Gasteiger partial charge in [-0.05, 0) is 23.8 Å². The molecule has 4 heterocycles. The number of rotatable bonds is 2. The lowest BCUT2D eigenvalue weighted by molar-refractivity contribution is 0.163. The molecule has 0 bridgehead atoms. The van der Waals surface area contributed by atoms with E-state index in [1.807, 2.05) is 30.3 Å². The van der Waals surface area contributed by atoms with Gasteiger partial charge in [0.2, 0.25) is 0 Å². The first kappa shape index (κ1) is 16.7. The molecule has 5 nitrogen and oxygen atoms in total. The topological polar surface area (TPSA) is 43.8 Å². The molecule has 6 rings (SSSR count). The average molecular weight is 390 g/mol. The van der Waals surface area contributed by atoms with Gasteiger partial charge in [0.05, 0.1) is 17.7 Å². The maximum absolute atomic E-state index is 15.7. The highest BCUT2D eigenvalue weighted by atomic mass is 19.1. The van der Waals surface area contributed by atoms with Gasteiger partial charge in [0.25, 0.3) is 0 Å². The van der Waals surface area contributed by atoms with Crippen molar-refractivity contribution in [2.24, 2.45) is 0 Å². The largest absolute Gasteiger partial charge is 0.492 e. The summed E-state index contributed by atoms with van der Waals surface area (Å²) in [6.45, 7) is 2.42. The van der Waals surface area contributed by atoms with Gasteiger partial charge in [-0.3, -0.25) is 4.98 Å². The van der Waals surface area contributed by atoms with Gasteiger partial charge in [0.15, 0.2) is 17.3 Å². The lowest BCUT2D eigenvalue weighted by atomic mass is 9.77. The highest BCUT2D eigenvalue weighted by Gasteiger charge is 2.52. The summed E-state index contributed by atoms with van der Waals surface area (Å²) < 4.78 is 32.9. The summed E-state index contributed by atoms with van der Waals surface area (Å²) in [5.41, 5.74) is 3.12. The van der Waals surface area contributed by atoms with Crippen LogP contribution in [0.5, 0.6) is 17.2 Å². The minimum absolute atomic E-state index is 0.195. The Bertz CT molecular complexity index is 1100. The van der Waals surface area contributed by atoms with Crippen LogP contribution in [0, 0.1) is 5.82 Å². The number of nitrogens with zero attached hydrogens (tertiary/aromatic N) is 2. The number of hydrogen-bond acceptors (Lipinski definition) is 5. The van der Waals surface area contributed by atoms with E-state index in [1.54, 1.807) is 12.3 Å². The predicted molar refractivity (Wildman–Crippen MR) is 105 cm³/mol. The van der Waals surface area contributed by atoms with Crippen molar-refractivity contribution < 1.29 is 18.6 Å². The lowest BCUT2D eigenvalue weighted by Gasteiger charge is -2.27. The van der Waals surface area contributed by atoms with Crippen LogP contribution in [0.25, 0.3) is 0 Å². The second kappa shape index (κ2) is 6.11. The van der Waals surface area contributed by atoms with Crippen LogP contribution >= 0.6 is 0 Å². The first-order valence-corrected chi connectivity index (χ1v) is 9.76. The highest BCUT2D eigenvalue weighted by Crippen LogP contribution is 2.55. The number of benzene rings is 2. The van der Waals surface area contributed by atoms with E-state index in [0.717, 1.165) is 16.9 Å². The summed E-state index contributed by atoms with van der Waals surface area (Å²) in [5, 5.41) is 0. The minimum atomic E-state index is -0.583. The molecule has 1 aromatic heterocycles. The number of aromatic nitrogens is 1. The summed E-state index contributed by atoms with van der Waals surface area (Å²) >= 11 is 0. The van der Waals surface area contributed by atoms with Crippen LogP contribution in [0.2, 0.25) is 0 Å². The Balaban J connectivity index is 1.49. The molecule has 0 aliphatic carbocycles. The Kier molecular flexibility index (Phi) is 3.51. The molecule has 0 fully saturated rings. The third kappa shape index (κ3) is 2.35. The number of hydrogen-bond donors (Lipinski definition) is 0. The second-order valence-corrected chi connectivity index (χ2v) is 7.65. The molecule has 3 aromatic rings. The standard InChI is InChI=1S/C23H19FN2O3/c24-21-20-18(11-19-22(21)28-10-9-27-19)29-14-23(20)13-26(12-15-5-3-4-8-25-15)17-7-2-1-6-16(17)23/h1-8,11H,9-10,12-14H2. The van der Waals surface area contributed by atoms with Crippen LogP contribution in [0.1, 0.15) is 16.8 Å². The van der Waals surface area contributed by atoms with Crippen LogP contribution in [0.3, 0.4) is 0 Å². The average Bonchev–Trinajstić information content (AvgIpc) is 3.28. The van der Waals surface area contributed by atoms with Crippen LogP contribution in [-0.2, 0) is 12.0 Å². The normalized spacial score (nSPS) is 21.1. The first-order chi connectivity index (χ1) is 14.3. The van der Waals surface area contributed by atoms with Gasteiger partial charge < -0.3 is 19.1 Å². The highest BCUT2D eigenvalue weighted by molar-refractivity contribution is 5.71. The molecule has 3 aliphatic heterocycles. The van der Waals surface area contributed by atoms with E-state index in [0.29, 0.717) is 50.0 Å². The molecule has 6 heteroatoms. The van der Waals surface area contributed by atoms with Crippen LogP contribution < -0.4 is 19.1 Å². The molecule has 0 N–H and O–H groups in total. The van der Waals surface area contributed by atoms with Crippen LogP contribution in [0.4, 0.5) is 10.1 Å². The van der Waals surface area contributed by atoms with Crippen molar-refractivity contribution >= 4 is 5.69 Å². The fourth-order valence-electron chi connectivity index (χ4n) is 4.77. The zero-order chi connectivity index (χ0) is 19.4. The van der Waals surface area contributed by atoms with Crippen molar-refractivity contribution in [3.05, 3.63) is 77.4 Å². The quantitative estimate of drug-likeness (QED) is 0.668. The second-order valence-electron chi connectivity index (χ2n) is 7.65. The number of pyridine rings is 1. The lowest BCUT2D eigenvalue weighted by Crippen LogP contribution is -2.36. The van der Waals surface area contributed by atoms with Gasteiger partial charge in [-0.2, -0.15) is 0 Å². The summed E-state index contributed by atoms with van der Waals surface area (Å²) in [5.74, 6) is 0.784. The SMILES string of the molecule is Fc1c2c(cc3c1C1(CO3)CN(Cc3ccccn3)c3ccccc31)OCCO2. The molecule has 2 aromatic carbocycles. The number of ether oxygens (including phenoxy) is 3. The molecule has 1 unspecified atom stereocenters. The Labute approximate surface area is 167 Å². The third-order valence-electron chi connectivity index (χ3n) is 5.99. The molecule has 0 amide bonds. The van der Waals surface area contributed by atoms with E-state index in [-0.39, 0.29) is 11.6 Å². The molecule has 146 valence electrons. The van der Waals surface area contributed by atoms with Gasteiger partial charge in [-0.15, -0.1) is 0 Å². The van der Waals surface area contributed by atoms with Crippen molar-refractivity contribution in [3.63, 3.8) is 0 Å².